The minimum absolute atomic E-state index is 0.435. The van der Waals surface area contributed by atoms with Gasteiger partial charge in [0.2, 0.25) is 0 Å². The van der Waals surface area contributed by atoms with Crippen LogP contribution in [-0.2, 0) is 5.60 Å². The Morgan fingerprint density at radius 2 is 1.73 bits per heavy atom. The van der Waals surface area contributed by atoms with Crippen LogP contribution in [0.3, 0.4) is 0 Å². The first-order valence-corrected chi connectivity index (χ1v) is 5.13. The smallest absolute Gasteiger partial charge is 0.122 e. The zero-order chi connectivity index (χ0) is 11.1. The second-order valence-electron chi connectivity index (χ2n) is 4.60. The summed E-state index contributed by atoms with van der Waals surface area (Å²) in [4.78, 5) is 0. The maximum absolute atomic E-state index is 10.5. The standard InChI is InChI=1S/C13H16O2/c1-10-8-12(2,14)13(15,9-10)11-6-4-3-5-7-11/h3-7,14-15H,1,8-9H2,2H3/t12-,13-/m1/s1. The Morgan fingerprint density at radius 1 is 1.13 bits per heavy atom. The number of aliphatic hydroxyl groups is 2. The van der Waals surface area contributed by atoms with Gasteiger partial charge in [0.05, 0.1) is 5.60 Å². The van der Waals surface area contributed by atoms with E-state index in [0.29, 0.717) is 12.8 Å². The average Bonchev–Trinajstić information content (AvgIpc) is 2.38. The lowest BCUT2D eigenvalue weighted by atomic mass is 9.81. The molecule has 0 amide bonds. The fraction of sp³-hybridized carbons (Fsp3) is 0.385. The number of benzene rings is 1. The summed E-state index contributed by atoms with van der Waals surface area (Å²) in [6.45, 7) is 5.52. The van der Waals surface area contributed by atoms with Crippen molar-refractivity contribution in [2.75, 3.05) is 0 Å². The Balaban J connectivity index is 2.47. The molecule has 1 aliphatic rings. The first kappa shape index (κ1) is 10.4. The van der Waals surface area contributed by atoms with Crippen LogP contribution in [-0.4, -0.2) is 15.8 Å². The molecule has 2 atom stereocenters. The molecule has 80 valence electrons. The van der Waals surface area contributed by atoms with E-state index in [4.69, 9.17) is 0 Å². The number of hydrogen-bond acceptors (Lipinski definition) is 2. The Kier molecular flexibility index (Phi) is 2.21. The highest BCUT2D eigenvalue weighted by Crippen LogP contribution is 2.48. The van der Waals surface area contributed by atoms with Gasteiger partial charge in [0.25, 0.3) is 0 Å². The summed E-state index contributed by atoms with van der Waals surface area (Å²) in [5, 5.41) is 20.8. The van der Waals surface area contributed by atoms with Gasteiger partial charge in [-0.15, -0.1) is 0 Å². The third-order valence-electron chi connectivity index (χ3n) is 3.24. The molecule has 2 N–H and O–H groups in total. The number of rotatable bonds is 1. The number of hydrogen-bond donors (Lipinski definition) is 2. The molecule has 0 saturated heterocycles. The predicted molar refractivity (Wildman–Crippen MR) is 59.3 cm³/mol. The molecule has 0 bridgehead atoms. The van der Waals surface area contributed by atoms with Gasteiger partial charge in [0.1, 0.15) is 5.60 Å². The first-order chi connectivity index (χ1) is 6.96. The molecular weight excluding hydrogens is 188 g/mol. The normalized spacial score (nSPS) is 35.8. The van der Waals surface area contributed by atoms with Gasteiger partial charge in [-0.1, -0.05) is 42.5 Å². The Hall–Kier alpha value is -1.12. The van der Waals surface area contributed by atoms with Crippen molar-refractivity contribution >= 4 is 0 Å². The van der Waals surface area contributed by atoms with Gasteiger partial charge >= 0.3 is 0 Å². The van der Waals surface area contributed by atoms with E-state index >= 15 is 0 Å². The van der Waals surface area contributed by atoms with Crippen molar-refractivity contribution in [3.05, 3.63) is 48.0 Å². The maximum atomic E-state index is 10.5. The quantitative estimate of drug-likeness (QED) is 0.687. The lowest BCUT2D eigenvalue weighted by molar-refractivity contribution is -0.125. The zero-order valence-electron chi connectivity index (χ0n) is 8.90. The molecule has 15 heavy (non-hydrogen) atoms. The van der Waals surface area contributed by atoms with Crippen LogP contribution in [0.4, 0.5) is 0 Å². The molecule has 2 heteroatoms. The van der Waals surface area contributed by atoms with Gasteiger partial charge in [-0.3, -0.25) is 0 Å². The lowest BCUT2D eigenvalue weighted by Crippen LogP contribution is -2.44. The van der Waals surface area contributed by atoms with Gasteiger partial charge in [0.15, 0.2) is 0 Å². The van der Waals surface area contributed by atoms with E-state index in [1.54, 1.807) is 6.92 Å². The van der Waals surface area contributed by atoms with Crippen LogP contribution in [0.1, 0.15) is 25.3 Å². The van der Waals surface area contributed by atoms with Gasteiger partial charge in [0, 0.05) is 6.42 Å². The first-order valence-electron chi connectivity index (χ1n) is 5.13. The van der Waals surface area contributed by atoms with Gasteiger partial charge in [-0.2, -0.15) is 0 Å². The van der Waals surface area contributed by atoms with Gasteiger partial charge < -0.3 is 10.2 Å². The van der Waals surface area contributed by atoms with Crippen LogP contribution < -0.4 is 0 Å². The summed E-state index contributed by atoms with van der Waals surface area (Å²) in [7, 11) is 0. The van der Waals surface area contributed by atoms with Crippen LogP contribution in [0.5, 0.6) is 0 Å². The summed E-state index contributed by atoms with van der Waals surface area (Å²) in [5.74, 6) is 0. The second-order valence-corrected chi connectivity index (χ2v) is 4.60. The molecule has 0 radical (unpaired) electrons. The fourth-order valence-electron chi connectivity index (χ4n) is 2.37. The molecule has 0 unspecified atom stereocenters. The molecule has 2 nitrogen and oxygen atoms in total. The monoisotopic (exact) mass is 204 g/mol. The molecule has 0 aromatic heterocycles. The van der Waals surface area contributed by atoms with E-state index in [1.807, 2.05) is 30.3 Å². The van der Waals surface area contributed by atoms with Gasteiger partial charge in [-0.05, 0) is 18.9 Å². The van der Waals surface area contributed by atoms with Crippen molar-refractivity contribution in [1.29, 1.82) is 0 Å². The molecule has 1 saturated carbocycles. The lowest BCUT2D eigenvalue weighted by Gasteiger charge is -2.35. The minimum atomic E-state index is -1.19. The molecule has 1 aliphatic carbocycles. The molecule has 0 aliphatic heterocycles. The molecule has 2 rings (SSSR count). The average molecular weight is 204 g/mol. The Morgan fingerprint density at radius 3 is 2.20 bits per heavy atom. The molecular formula is C13H16O2. The van der Waals surface area contributed by atoms with Crippen molar-refractivity contribution in [3.8, 4) is 0 Å². The summed E-state index contributed by atoms with van der Waals surface area (Å²) in [6, 6.07) is 9.31. The van der Waals surface area contributed by atoms with E-state index in [-0.39, 0.29) is 0 Å². The van der Waals surface area contributed by atoms with Crippen molar-refractivity contribution in [2.45, 2.75) is 31.0 Å². The summed E-state index contributed by atoms with van der Waals surface area (Å²) >= 11 is 0. The maximum Gasteiger partial charge on any atom is 0.122 e. The fourth-order valence-corrected chi connectivity index (χ4v) is 2.37. The largest absolute Gasteiger partial charge is 0.386 e. The highest BCUT2D eigenvalue weighted by Gasteiger charge is 2.52. The van der Waals surface area contributed by atoms with E-state index in [0.717, 1.165) is 11.1 Å². The van der Waals surface area contributed by atoms with Crippen LogP contribution in [0.25, 0.3) is 0 Å². The third-order valence-corrected chi connectivity index (χ3v) is 3.24. The summed E-state index contributed by atoms with van der Waals surface area (Å²) in [5.41, 5.74) is -0.656. The zero-order valence-corrected chi connectivity index (χ0v) is 8.90. The van der Waals surface area contributed by atoms with Gasteiger partial charge in [-0.25, -0.2) is 0 Å². The van der Waals surface area contributed by atoms with Crippen LogP contribution >= 0.6 is 0 Å². The van der Waals surface area contributed by atoms with Crippen LogP contribution in [0, 0.1) is 0 Å². The Bertz CT molecular complexity index is 381. The van der Waals surface area contributed by atoms with Crippen LogP contribution in [0.15, 0.2) is 42.5 Å². The second kappa shape index (κ2) is 3.19. The third kappa shape index (κ3) is 1.50. The summed E-state index contributed by atoms with van der Waals surface area (Å²) in [6.07, 6.45) is 0.891. The van der Waals surface area contributed by atoms with E-state index in [9.17, 15) is 10.2 Å². The topological polar surface area (TPSA) is 40.5 Å². The molecule has 1 aromatic carbocycles. The summed E-state index contributed by atoms with van der Waals surface area (Å²) < 4.78 is 0. The highest BCUT2D eigenvalue weighted by atomic mass is 16.4. The minimum Gasteiger partial charge on any atom is -0.386 e. The highest BCUT2D eigenvalue weighted by molar-refractivity contribution is 5.33. The van der Waals surface area contributed by atoms with Crippen molar-refractivity contribution < 1.29 is 10.2 Å². The molecule has 1 fully saturated rings. The SMILES string of the molecule is C=C1C[C@@](O)(c2ccccc2)[C@](C)(O)C1. The predicted octanol–water partition coefficient (Wildman–Crippen LogP) is 1.98. The van der Waals surface area contributed by atoms with E-state index in [2.05, 4.69) is 6.58 Å². The molecule has 0 heterocycles. The van der Waals surface area contributed by atoms with Crippen molar-refractivity contribution in [2.24, 2.45) is 0 Å². The molecule has 1 aromatic rings. The Labute approximate surface area is 89.9 Å². The van der Waals surface area contributed by atoms with Crippen molar-refractivity contribution in [1.82, 2.24) is 0 Å². The van der Waals surface area contributed by atoms with Crippen molar-refractivity contribution in [3.63, 3.8) is 0 Å². The van der Waals surface area contributed by atoms with E-state index in [1.165, 1.54) is 0 Å². The molecule has 0 spiro atoms. The van der Waals surface area contributed by atoms with E-state index < -0.39 is 11.2 Å². The van der Waals surface area contributed by atoms with Crippen LogP contribution in [0.2, 0.25) is 0 Å².